The van der Waals surface area contributed by atoms with Crippen LogP contribution in [0.15, 0.2) is 112 Å². The number of halogens is 2. The molecule has 0 saturated carbocycles. The molecule has 0 aliphatic rings. The Hall–Kier alpha value is -3.86. The maximum Gasteiger partial charge on any atom is 0.264 e. The number of hydrogen-bond donors (Lipinski definition) is 1. The number of hydrogen-bond acceptors (Lipinski definition) is 5. The summed E-state index contributed by atoms with van der Waals surface area (Å²) in [4.78, 5) is 29.8. The number of carbonyl (C=O) groups excluding carboxylic acids is 2. The zero-order valence-electron chi connectivity index (χ0n) is 25.7. The number of amides is 2. The fourth-order valence-corrected chi connectivity index (χ4v) is 6.85. The average Bonchev–Trinajstić information content (AvgIpc) is 3.06. The second-order valence-corrected chi connectivity index (χ2v) is 13.8. The highest BCUT2D eigenvalue weighted by atomic mass is 79.9. The molecule has 4 aromatic carbocycles. The van der Waals surface area contributed by atoms with Crippen LogP contribution in [-0.2, 0) is 32.6 Å². The van der Waals surface area contributed by atoms with Crippen molar-refractivity contribution in [2.75, 3.05) is 24.5 Å². The molecule has 0 saturated heterocycles. The molecule has 1 atom stereocenters. The molecule has 0 spiro atoms. The molecule has 0 unspecified atom stereocenters. The first-order chi connectivity index (χ1) is 22.1. The van der Waals surface area contributed by atoms with Crippen LogP contribution in [0.5, 0.6) is 5.75 Å². The predicted octanol–water partition coefficient (Wildman–Crippen LogP) is 6.86. The highest BCUT2D eigenvalue weighted by Gasteiger charge is 2.34. The Kier molecular flexibility index (Phi) is 12.7. The third-order valence-corrected chi connectivity index (χ3v) is 10.0. The molecule has 0 aliphatic carbocycles. The third-order valence-electron chi connectivity index (χ3n) is 7.40. The molecule has 11 heteroatoms. The fourth-order valence-electron chi connectivity index (χ4n) is 4.91. The smallest absolute Gasteiger partial charge is 0.264 e. The van der Waals surface area contributed by atoms with E-state index in [1.165, 1.54) is 36.3 Å². The van der Waals surface area contributed by atoms with Crippen LogP contribution in [0, 0.1) is 0 Å². The third kappa shape index (κ3) is 9.11. The summed E-state index contributed by atoms with van der Waals surface area (Å²) in [6, 6.07) is 28.4. The van der Waals surface area contributed by atoms with Crippen LogP contribution in [-0.4, -0.2) is 51.4 Å². The van der Waals surface area contributed by atoms with E-state index in [-0.39, 0.29) is 34.5 Å². The van der Waals surface area contributed by atoms with Gasteiger partial charge in [-0.05, 0) is 60.0 Å². The molecule has 8 nitrogen and oxygen atoms in total. The molecule has 0 bridgehead atoms. The molecule has 0 aliphatic heterocycles. The van der Waals surface area contributed by atoms with Gasteiger partial charge in [-0.15, -0.1) is 0 Å². The summed E-state index contributed by atoms with van der Waals surface area (Å²) >= 11 is 9.89. The number of nitrogens with one attached hydrogen (secondary N) is 1. The van der Waals surface area contributed by atoms with Gasteiger partial charge in [0.1, 0.15) is 18.3 Å². The molecule has 4 aromatic rings. The van der Waals surface area contributed by atoms with Crippen molar-refractivity contribution < 1.29 is 22.7 Å². The summed E-state index contributed by atoms with van der Waals surface area (Å²) < 4.78 is 35.4. The van der Waals surface area contributed by atoms with Crippen LogP contribution in [0.4, 0.5) is 5.69 Å². The standard InChI is InChI=1S/C35H37BrClN3O5S/c1-3-4-21-38-35(42)32(22-26-11-7-5-8-12-26)39(24-27-15-17-28(36)18-16-27)34(41)25-40(29-19-20-33(45-2)31(37)23-29)46(43,44)30-13-9-6-10-14-30/h5-20,23,32H,3-4,21-22,24-25H2,1-2H3,(H,38,42)/t32-/m1/s1. The maximum atomic E-state index is 14.5. The van der Waals surface area contributed by atoms with Gasteiger partial charge in [0, 0.05) is 24.0 Å². The highest BCUT2D eigenvalue weighted by molar-refractivity contribution is 9.10. The summed E-state index contributed by atoms with van der Waals surface area (Å²) in [7, 11) is -2.78. The lowest BCUT2D eigenvalue weighted by molar-refractivity contribution is -0.140. The molecular weight excluding hydrogens is 690 g/mol. The lowest BCUT2D eigenvalue weighted by atomic mass is 10.0. The van der Waals surface area contributed by atoms with Gasteiger partial charge in [-0.25, -0.2) is 8.42 Å². The Labute approximate surface area is 284 Å². The Morgan fingerprint density at radius 1 is 0.913 bits per heavy atom. The molecule has 46 heavy (non-hydrogen) atoms. The summed E-state index contributed by atoms with van der Waals surface area (Å²) in [5.74, 6) is -0.508. The second-order valence-electron chi connectivity index (χ2n) is 10.6. The van der Waals surface area contributed by atoms with E-state index in [9.17, 15) is 18.0 Å². The topological polar surface area (TPSA) is 96.0 Å². The molecule has 4 rings (SSSR count). The van der Waals surface area contributed by atoms with Crippen LogP contribution < -0.4 is 14.4 Å². The monoisotopic (exact) mass is 725 g/mol. The van der Waals surface area contributed by atoms with Crippen molar-refractivity contribution in [3.05, 3.63) is 124 Å². The first-order valence-electron chi connectivity index (χ1n) is 14.9. The lowest BCUT2D eigenvalue weighted by Crippen LogP contribution is -2.53. The number of ether oxygens (including phenoxy) is 1. The lowest BCUT2D eigenvalue weighted by Gasteiger charge is -2.34. The first-order valence-corrected chi connectivity index (χ1v) is 17.5. The van der Waals surface area contributed by atoms with Crippen molar-refractivity contribution in [3.63, 3.8) is 0 Å². The van der Waals surface area contributed by atoms with Crippen molar-refractivity contribution in [2.45, 2.75) is 43.7 Å². The largest absolute Gasteiger partial charge is 0.495 e. The number of unbranched alkanes of at least 4 members (excludes halogenated alkanes) is 1. The SMILES string of the molecule is CCCCNC(=O)[C@@H](Cc1ccccc1)N(Cc1ccc(Br)cc1)C(=O)CN(c1ccc(OC)c(Cl)c1)S(=O)(=O)c1ccccc1. The van der Waals surface area contributed by atoms with Crippen LogP contribution in [0.1, 0.15) is 30.9 Å². The molecular formula is C35H37BrClN3O5S. The summed E-state index contributed by atoms with van der Waals surface area (Å²) in [6.07, 6.45) is 1.91. The van der Waals surface area contributed by atoms with E-state index in [0.29, 0.717) is 12.3 Å². The number of rotatable bonds is 15. The van der Waals surface area contributed by atoms with Crippen molar-refractivity contribution in [2.24, 2.45) is 0 Å². The number of benzene rings is 4. The molecule has 0 fully saturated rings. The van der Waals surface area contributed by atoms with Gasteiger partial charge in [-0.2, -0.15) is 0 Å². The quantitative estimate of drug-likeness (QED) is 0.135. The van der Waals surface area contributed by atoms with Crippen molar-refractivity contribution >= 4 is 55.1 Å². The summed E-state index contributed by atoms with van der Waals surface area (Å²) in [5, 5.41) is 3.18. The highest BCUT2D eigenvalue weighted by Crippen LogP contribution is 2.32. The van der Waals surface area contributed by atoms with Gasteiger partial charge < -0.3 is 15.0 Å². The Balaban J connectivity index is 1.80. The van der Waals surface area contributed by atoms with E-state index in [1.54, 1.807) is 24.3 Å². The minimum Gasteiger partial charge on any atom is -0.495 e. The van der Waals surface area contributed by atoms with Gasteiger partial charge in [0.25, 0.3) is 10.0 Å². The maximum absolute atomic E-state index is 14.5. The minimum absolute atomic E-state index is 0.00680. The van der Waals surface area contributed by atoms with Gasteiger partial charge in [0.2, 0.25) is 11.8 Å². The normalized spacial score (nSPS) is 11.8. The van der Waals surface area contributed by atoms with Crippen LogP contribution in [0.25, 0.3) is 0 Å². The van der Waals surface area contributed by atoms with Gasteiger partial charge in [-0.1, -0.05) is 102 Å². The minimum atomic E-state index is -4.24. The van der Waals surface area contributed by atoms with Gasteiger partial charge in [0.05, 0.1) is 22.7 Å². The van der Waals surface area contributed by atoms with Crippen LogP contribution in [0.2, 0.25) is 5.02 Å². The van der Waals surface area contributed by atoms with Crippen molar-refractivity contribution in [1.82, 2.24) is 10.2 Å². The first kappa shape index (κ1) is 35.0. The van der Waals surface area contributed by atoms with E-state index < -0.39 is 28.5 Å². The zero-order chi connectivity index (χ0) is 33.1. The number of carbonyl (C=O) groups is 2. The fraction of sp³-hybridized carbons (Fsp3) is 0.257. The molecule has 0 radical (unpaired) electrons. The average molecular weight is 727 g/mol. The van der Waals surface area contributed by atoms with Crippen LogP contribution >= 0.6 is 27.5 Å². The van der Waals surface area contributed by atoms with E-state index in [4.69, 9.17) is 16.3 Å². The Morgan fingerprint density at radius 2 is 1.57 bits per heavy atom. The van der Waals surface area contributed by atoms with Gasteiger partial charge in [-0.3, -0.25) is 13.9 Å². The number of nitrogens with zero attached hydrogens (tertiary/aromatic N) is 2. The van der Waals surface area contributed by atoms with Crippen LogP contribution in [0.3, 0.4) is 0 Å². The van der Waals surface area contributed by atoms with E-state index >= 15 is 0 Å². The number of sulfonamides is 1. The summed E-state index contributed by atoms with van der Waals surface area (Å²) in [6.45, 7) is 1.99. The number of anilines is 1. The second kappa shape index (κ2) is 16.6. The molecule has 0 heterocycles. The predicted molar refractivity (Wildman–Crippen MR) is 186 cm³/mol. The molecule has 1 N–H and O–H groups in total. The molecule has 242 valence electrons. The van der Waals surface area contributed by atoms with Gasteiger partial charge >= 0.3 is 0 Å². The Morgan fingerprint density at radius 3 is 2.17 bits per heavy atom. The van der Waals surface area contributed by atoms with Gasteiger partial charge in [0.15, 0.2) is 0 Å². The van der Waals surface area contributed by atoms with Crippen molar-refractivity contribution in [3.8, 4) is 5.75 Å². The zero-order valence-corrected chi connectivity index (χ0v) is 28.9. The molecule has 2 amide bonds. The number of methoxy groups -OCH3 is 1. The van der Waals surface area contributed by atoms with E-state index in [1.807, 2.05) is 61.5 Å². The van der Waals surface area contributed by atoms with E-state index in [0.717, 1.165) is 32.7 Å². The van der Waals surface area contributed by atoms with Crippen molar-refractivity contribution in [1.29, 1.82) is 0 Å². The molecule has 0 aromatic heterocycles. The van der Waals surface area contributed by atoms with E-state index in [2.05, 4.69) is 21.2 Å². The summed E-state index contributed by atoms with van der Waals surface area (Å²) in [5.41, 5.74) is 1.82. The Bertz CT molecular complexity index is 1710.